The van der Waals surface area contributed by atoms with E-state index in [4.69, 9.17) is 0 Å². The second-order valence-corrected chi connectivity index (χ2v) is 4.79. The molecule has 0 saturated heterocycles. The molecule has 0 aliphatic heterocycles. The van der Waals surface area contributed by atoms with Gasteiger partial charge in [0.25, 0.3) is 0 Å². The minimum absolute atomic E-state index is 0. The molecule has 0 radical (unpaired) electrons. The molecule has 0 aromatic carbocycles. The third kappa shape index (κ3) is 4.46. The fourth-order valence-corrected chi connectivity index (χ4v) is 2.30. The van der Waals surface area contributed by atoms with Crippen LogP contribution in [0, 0.1) is 6.92 Å². The Balaban J connectivity index is 0.00000144. The molecule has 1 N–H and O–H groups in total. The van der Waals surface area contributed by atoms with E-state index >= 15 is 0 Å². The van der Waals surface area contributed by atoms with Gasteiger partial charge in [0.2, 0.25) is 0 Å². The molecule has 0 spiro atoms. The van der Waals surface area contributed by atoms with Crippen LogP contribution in [0.2, 0.25) is 0 Å². The monoisotopic (exact) mass is 268 g/mol. The van der Waals surface area contributed by atoms with E-state index in [2.05, 4.69) is 40.8 Å². The van der Waals surface area contributed by atoms with Crippen molar-refractivity contribution in [3.05, 3.63) is 52.0 Å². The standard InChI is InChI=1S/C13H16N2S.ClH/c1-11-12(4-2-7-15-11)10-14-8-6-13-5-3-9-16-13;/h2-5,7,9,14H,6,8,10H2,1H3;1H. The van der Waals surface area contributed by atoms with Gasteiger partial charge in [0.05, 0.1) is 0 Å². The van der Waals surface area contributed by atoms with Crippen LogP contribution < -0.4 is 5.32 Å². The maximum atomic E-state index is 4.27. The first-order valence-electron chi connectivity index (χ1n) is 5.50. The first-order chi connectivity index (χ1) is 7.86. The molecular formula is C13H17ClN2S. The summed E-state index contributed by atoms with van der Waals surface area (Å²) in [7, 11) is 0. The Hall–Kier alpha value is -0.900. The number of nitrogens with zero attached hydrogens (tertiary/aromatic N) is 1. The van der Waals surface area contributed by atoms with E-state index in [1.165, 1.54) is 10.4 Å². The van der Waals surface area contributed by atoms with E-state index in [9.17, 15) is 0 Å². The lowest BCUT2D eigenvalue weighted by Gasteiger charge is -2.06. The highest BCUT2D eigenvalue weighted by molar-refractivity contribution is 7.09. The minimum Gasteiger partial charge on any atom is -0.312 e. The molecule has 0 atom stereocenters. The molecular weight excluding hydrogens is 252 g/mol. The Morgan fingerprint density at radius 2 is 2.18 bits per heavy atom. The van der Waals surface area contributed by atoms with Crippen molar-refractivity contribution >= 4 is 23.7 Å². The van der Waals surface area contributed by atoms with Gasteiger partial charge in [-0.05, 0) is 36.4 Å². The van der Waals surface area contributed by atoms with Crippen LogP contribution >= 0.6 is 23.7 Å². The maximum Gasteiger partial charge on any atom is 0.0417 e. The first kappa shape index (κ1) is 14.2. The van der Waals surface area contributed by atoms with Crippen LogP contribution in [-0.2, 0) is 13.0 Å². The molecule has 4 heteroatoms. The molecule has 2 aromatic rings. The average Bonchev–Trinajstić information content (AvgIpc) is 2.79. The van der Waals surface area contributed by atoms with Crippen LogP contribution in [0.1, 0.15) is 16.1 Å². The number of pyridine rings is 1. The topological polar surface area (TPSA) is 24.9 Å². The van der Waals surface area contributed by atoms with Crippen molar-refractivity contribution in [2.75, 3.05) is 6.54 Å². The van der Waals surface area contributed by atoms with E-state index in [1.807, 2.05) is 23.6 Å². The van der Waals surface area contributed by atoms with Gasteiger partial charge in [-0.25, -0.2) is 0 Å². The average molecular weight is 269 g/mol. The number of hydrogen-bond acceptors (Lipinski definition) is 3. The first-order valence-corrected chi connectivity index (χ1v) is 6.38. The third-order valence-electron chi connectivity index (χ3n) is 2.56. The van der Waals surface area contributed by atoms with Crippen molar-refractivity contribution in [3.8, 4) is 0 Å². The van der Waals surface area contributed by atoms with Gasteiger partial charge in [0.15, 0.2) is 0 Å². The van der Waals surface area contributed by atoms with Crippen LogP contribution in [0.15, 0.2) is 35.8 Å². The Morgan fingerprint density at radius 3 is 2.88 bits per heavy atom. The fourth-order valence-electron chi connectivity index (χ4n) is 1.59. The number of aromatic nitrogens is 1. The zero-order valence-electron chi connectivity index (χ0n) is 9.85. The molecule has 0 aliphatic rings. The van der Waals surface area contributed by atoms with E-state index in [0.717, 1.165) is 25.2 Å². The van der Waals surface area contributed by atoms with Crippen molar-refractivity contribution in [2.24, 2.45) is 0 Å². The summed E-state index contributed by atoms with van der Waals surface area (Å²) in [6, 6.07) is 8.40. The highest BCUT2D eigenvalue weighted by Gasteiger charge is 1.98. The van der Waals surface area contributed by atoms with E-state index in [-0.39, 0.29) is 12.4 Å². The predicted octanol–water partition coefficient (Wildman–Crippen LogP) is 3.21. The van der Waals surface area contributed by atoms with Crippen LogP contribution in [0.5, 0.6) is 0 Å². The fraction of sp³-hybridized carbons (Fsp3) is 0.308. The number of halogens is 1. The Bertz CT molecular complexity index is 429. The second kappa shape index (κ2) is 7.43. The summed E-state index contributed by atoms with van der Waals surface area (Å²) in [5.41, 5.74) is 2.40. The smallest absolute Gasteiger partial charge is 0.0417 e. The number of aryl methyl sites for hydroxylation is 1. The van der Waals surface area contributed by atoms with Crippen molar-refractivity contribution in [1.29, 1.82) is 0 Å². The lowest BCUT2D eigenvalue weighted by Crippen LogP contribution is -2.17. The maximum absolute atomic E-state index is 4.27. The van der Waals surface area contributed by atoms with Crippen LogP contribution in [0.25, 0.3) is 0 Å². The summed E-state index contributed by atoms with van der Waals surface area (Å²) in [6.45, 7) is 3.98. The normalized spacial score (nSPS) is 9.94. The van der Waals surface area contributed by atoms with Gasteiger partial charge in [0, 0.05) is 29.9 Å². The van der Waals surface area contributed by atoms with E-state index in [0.29, 0.717) is 0 Å². The molecule has 2 rings (SSSR count). The lowest BCUT2D eigenvalue weighted by atomic mass is 10.2. The van der Waals surface area contributed by atoms with E-state index in [1.54, 1.807) is 0 Å². The quantitative estimate of drug-likeness (QED) is 0.843. The van der Waals surface area contributed by atoms with Crippen molar-refractivity contribution in [1.82, 2.24) is 10.3 Å². The Kier molecular flexibility index (Phi) is 6.19. The van der Waals surface area contributed by atoms with Gasteiger partial charge < -0.3 is 5.32 Å². The summed E-state index contributed by atoms with van der Waals surface area (Å²) >= 11 is 1.82. The van der Waals surface area contributed by atoms with Crippen LogP contribution in [0.3, 0.4) is 0 Å². The predicted molar refractivity (Wildman–Crippen MR) is 76.0 cm³/mol. The zero-order valence-corrected chi connectivity index (χ0v) is 11.5. The van der Waals surface area contributed by atoms with Gasteiger partial charge in [0.1, 0.15) is 0 Å². The van der Waals surface area contributed by atoms with Crippen molar-refractivity contribution < 1.29 is 0 Å². The summed E-state index contributed by atoms with van der Waals surface area (Å²) < 4.78 is 0. The molecule has 0 amide bonds. The zero-order chi connectivity index (χ0) is 11.2. The Labute approximate surface area is 113 Å². The summed E-state index contributed by atoms with van der Waals surface area (Å²) in [4.78, 5) is 5.71. The molecule has 0 fully saturated rings. The number of hydrogen-bond donors (Lipinski definition) is 1. The van der Waals surface area contributed by atoms with Gasteiger partial charge in [-0.3, -0.25) is 4.98 Å². The largest absolute Gasteiger partial charge is 0.312 e. The molecule has 0 bridgehead atoms. The summed E-state index contributed by atoms with van der Waals surface area (Å²) in [6.07, 6.45) is 2.95. The van der Waals surface area contributed by atoms with Gasteiger partial charge in [-0.1, -0.05) is 12.1 Å². The van der Waals surface area contributed by atoms with Crippen molar-refractivity contribution in [3.63, 3.8) is 0 Å². The van der Waals surface area contributed by atoms with Gasteiger partial charge in [-0.2, -0.15) is 0 Å². The molecule has 0 unspecified atom stereocenters. The number of nitrogens with one attached hydrogen (secondary N) is 1. The summed E-state index contributed by atoms with van der Waals surface area (Å²) in [5, 5.41) is 5.57. The molecule has 17 heavy (non-hydrogen) atoms. The Morgan fingerprint density at radius 1 is 1.29 bits per heavy atom. The molecule has 0 aliphatic carbocycles. The van der Waals surface area contributed by atoms with Gasteiger partial charge in [-0.15, -0.1) is 23.7 Å². The highest BCUT2D eigenvalue weighted by atomic mass is 35.5. The molecule has 92 valence electrons. The SMILES string of the molecule is Cc1ncccc1CNCCc1cccs1.Cl. The van der Waals surface area contributed by atoms with Gasteiger partial charge >= 0.3 is 0 Å². The number of rotatable bonds is 5. The second-order valence-electron chi connectivity index (χ2n) is 3.75. The van der Waals surface area contributed by atoms with Crippen LogP contribution in [-0.4, -0.2) is 11.5 Å². The minimum atomic E-state index is 0. The number of thiophene rings is 1. The third-order valence-corrected chi connectivity index (χ3v) is 3.50. The molecule has 0 saturated carbocycles. The lowest BCUT2D eigenvalue weighted by molar-refractivity contribution is 0.685. The van der Waals surface area contributed by atoms with Crippen molar-refractivity contribution in [2.45, 2.75) is 19.9 Å². The summed E-state index contributed by atoms with van der Waals surface area (Å²) in [5.74, 6) is 0. The molecule has 2 heterocycles. The molecule has 2 nitrogen and oxygen atoms in total. The van der Waals surface area contributed by atoms with E-state index < -0.39 is 0 Å². The van der Waals surface area contributed by atoms with Crippen LogP contribution in [0.4, 0.5) is 0 Å². The molecule has 2 aromatic heterocycles. The highest BCUT2D eigenvalue weighted by Crippen LogP contribution is 2.08.